The third-order valence-corrected chi connectivity index (χ3v) is 10.7. The SMILES string of the molecule is C/C=C1\CC[C@@]2(C)[C@@H](C1)C/C(=C\C)[C@@H]1[C@@H]2CC(=O)[C@]2(C)[C@@H]([C@H](C)CCC(=O)O)CC[C@@H]12. The Morgan fingerprint density at radius 3 is 2.52 bits per heavy atom. The summed E-state index contributed by atoms with van der Waals surface area (Å²) in [7, 11) is 0. The lowest BCUT2D eigenvalue weighted by molar-refractivity contribution is -0.151. The first-order valence-electron chi connectivity index (χ1n) is 12.7. The van der Waals surface area contributed by atoms with Crippen molar-refractivity contribution < 1.29 is 14.7 Å². The van der Waals surface area contributed by atoms with E-state index in [1.165, 1.54) is 25.7 Å². The lowest BCUT2D eigenvalue weighted by Crippen LogP contribution is -2.57. The molecule has 0 aromatic carbocycles. The second-order valence-electron chi connectivity index (χ2n) is 11.7. The van der Waals surface area contributed by atoms with E-state index < -0.39 is 5.97 Å². The minimum absolute atomic E-state index is 0.214. The molecule has 0 aromatic heterocycles. The maximum Gasteiger partial charge on any atom is 0.303 e. The van der Waals surface area contributed by atoms with Crippen LogP contribution in [-0.4, -0.2) is 16.9 Å². The van der Waals surface area contributed by atoms with Gasteiger partial charge in [-0.25, -0.2) is 0 Å². The first-order valence-corrected chi connectivity index (χ1v) is 12.7. The van der Waals surface area contributed by atoms with Crippen molar-refractivity contribution in [1.29, 1.82) is 0 Å². The molecule has 4 aliphatic carbocycles. The van der Waals surface area contributed by atoms with Gasteiger partial charge >= 0.3 is 5.97 Å². The van der Waals surface area contributed by atoms with Crippen LogP contribution in [0.3, 0.4) is 0 Å². The molecule has 0 saturated heterocycles. The zero-order valence-corrected chi connectivity index (χ0v) is 20.2. The molecule has 3 nitrogen and oxygen atoms in total. The number of hydrogen-bond acceptors (Lipinski definition) is 2. The summed E-state index contributed by atoms with van der Waals surface area (Å²) >= 11 is 0. The largest absolute Gasteiger partial charge is 0.481 e. The van der Waals surface area contributed by atoms with Gasteiger partial charge in [0.1, 0.15) is 5.78 Å². The second kappa shape index (κ2) is 8.19. The second-order valence-corrected chi connectivity index (χ2v) is 11.7. The van der Waals surface area contributed by atoms with Crippen LogP contribution in [0.5, 0.6) is 0 Å². The Morgan fingerprint density at radius 1 is 1.13 bits per heavy atom. The molecule has 1 N–H and O–H groups in total. The molecule has 0 aliphatic heterocycles. The fourth-order valence-electron chi connectivity index (χ4n) is 8.69. The molecule has 0 spiro atoms. The van der Waals surface area contributed by atoms with Crippen LogP contribution < -0.4 is 0 Å². The van der Waals surface area contributed by atoms with Crippen molar-refractivity contribution in [2.45, 2.75) is 92.4 Å². The van der Waals surface area contributed by atoms with Crippen LogP contribution in [0.4, 0.5) is 0 Å². The number of carboxylic acid groups (broad SMARTS) is 1. The van der Waals surface area contributed by atoms with Gasteiger partial charge in [-0.05, 0) is 99.7 Å². The zero-order chi connectivity index (χ0) is 22.6. The van der Waals surface area contributed by atoms with E-state index in [9.17, 15) is 14.7 Å². The zero-order valence-electron chi connectivity index (χ0n) is 20.2. The Hall–Kier alpha value is -1.38. The Bertz CT molecular complexity index is 807. The predicted octanol–water partition coefficient (Wildman–Crippen LogP) is 6.83. The number of carbonyl (C=O) groups excluding carboxylic acids is 1. The lowest BCUT2D eigenvalue weighted by atomic mass is 9.43. The van der Waals surface area contributed by atoms with Crippen molar-refractivity contribution in [1.82, 2.24) is 0 Å². The fraction of sp³-hybridized carbons (Fsp3) is 0.786. The van der Waals surface area contributed by atoms with E-state index in [0.29, 0.717) is 47.7 Å². The summed E-state index contributed by atoms with van der Waals surface area (Å²) in [5.41, 5.74) is 3.22. The summed E-state index contributed by atoms with van der Waals surface area (Å²) in [5.74, 6) is 2.51. The minimum atomic E-state index is -0.721. The average Bonchev–Trinajstić information content (AvgIpc) is 3.10. The van der Waals surface area contributed by atoms with Crippen LogP contribution >= 0.6 is 0 Å². The maximum atomic E-state index is 13.9. The van der Waals surface area contributed by atoms with Crippen molar-refractivity contribution in [3.8, 4) is 0 Å². The highest BCUT2D eigenvalue weighted by Crippen LogP contribution is 2.68. The van der Waals surface area contributed by atoms with Gasteiger partial charge in [0.05, 0.1) is 0 Å². The third-order valence-electron chi connectivity index (χ3n) is 10.7. The Morgan fingerprint density at radius 2 is 1.87 bits per heavy atom. The van der Waals surface area contributed by atoms with Gasteiger partial charge in [0.2, 0.25) is 0 Å². The number of fused-ring (bicyclic) bond motifs is 5. The van der Waals surface area contributed by atoms with Crippen LogP contribution in [0.1, 0.15) is 92.4 Å². The van der Waals surface area contributed by atoms with Gasteiger partial charge in [0.25, 0.3) is 0 Å². The standard InChI is InChI=1S/C28H42O3/c1-6-18-12-13-27(4)20(14-18)15-19(7-2)26-22-10-9-21(17(3)8-11-25(30)31)28(22,5)24(29)16-23(26)27/h6-7,17,20-23,26H,8-16H2,1-5H3,(H,30,31)/b18-6+,19-7+/t17-,20+,21-,22+,23+,26+,27+,28-/m1/s1. The van der Waals surface area contributed by atoms with E-state index in [1.807, 2.05) is 0 Å². The van der Waals surface area contributed by atoms with Crippen LogP contribution in [0, 0.1) is 46.3 Å². The number of hydrogen-bond donors (Lipinski definition) is 1. The first kappa shape index (κ1) is 22.8. The molecule has 0 aromatic rings. The number of Topliss-reactive ketones (excluding diaryl/α,β-unsaturated/α-hetero) is 1. The molecule has 0 radical (unpaired) electrons. The molecular formula is C28H42O3. The molecule has 3 heteroatoms. The van der Waals surface area contributed by atoms with Crippen LogP contribution in [0.15, 0.2) is 23.3 Å². The topological polar surface area (TPSA) is 54.4 Å². The molecule has 0 bridgehead atoms. The minimum Gasteiger partial charge on any atom is -0.481 e. The quantitative estimate of drug-likeness (QED) is 0.501. The molecule has 4 saturated carbocycles. The van der Waals surface area contributed by atoms with Gasteiger partial charge < -0.3 is 5.11 Å². The molecule has 4 aliphatic rings. The van der Waals surface area contributed by atoms with Crippen molar-refractivity contribution in [3.63, 3.8) is 0 Å². The van der Waals surface area contributed by atoms with Gasteiger partial charge in [-0.2, -0.15) is 0 Å². The van der Waals surface area contributed by atoms with E-state index in [1.54, 1.807) is 11.1 Å². The summed E-state index contributed by atoms with van der Waals surface area (Å²) in [6, 6.07) is 0. The monoisotopic (exact) mass is 426 g/mol. The van der Waals surface area contributed by atoms with Crippen LogP contribution in [-0.2, 0) is 9.59 Å². The number of aliphatic carboxylic acids is 1. The lowest BCUT2D eigenvalue weighted by Gasteiger charge is -2.61. The van der Waals surface area contributed by atoms with E-state index in [0.717, 1.165) is 19.3 Å². The van der Waals surface area contributed by atoms with Crippen molar-refractivity contribution in [3.05, 3.63) is 23.3 Å². The molecule has 172 valence electrons. The maximum absolute atomic E-state index is 13.9. The van der Waals surface area contributed by atoms with E-state index in [2.05, 4.69) is 46.8 Å². The number of carboxylic acids is 1. The summed E-state index contributed by atoms with van der Waals surface area (Å²) in [6.07, 6.45) is 13.4. The number of rotatable bonds is 4. The van der Waals surface area contributed by atoms with Crippen LogP contribution in [0.25, 0.3) is 0 Å². The van der Waals surface area contributed by atoms with E-state index in [4.69, 9.17) is 0 Å². The molecule has 0 heterocycles. The average molecular weight is 427 g/mol. The molecule has 0 unspecified atom stereocenters. The normalized spacial score (nSPS) is 45.8. The Kier molecular flexibility index (Phi) is 6.03. The predicted molar refractivity (Wildman–Crippen MR) is 125 cm³/mol. The molecule has 4 rings (SSSR count). The van der Waals surface area contributed by atoms with E-state index >= 15 is 0 Å². The Labute approximate surface area is 188 Å². The van der Waals surface area contributed by atoms with Gasteiger partial charge in [-0.3, -0.25) is 9.59 Å². The Balaban J connectivity index is 1.66. The van der Waals surface area contributed by atoms with Gasteiger partial charge in [0.15, 0.2) is 0 Å². The third kappa shape index (κ3) is 3.45. The number of carbonyl (C=O) groups is 2. The highest BCUT2D eigenvalue weighted by molar-refractivity contribution is 5.87. The molecule has 4 fully saturated rings. The van der Waals surface area contributed by atoms with Crippen LogP contribution in [0.2, 0.25) is 0 Å². The molecule has 31 heavy (non-hydrogen) atoms. The summed E-state index contributed by atoms with van der Waals surface area (Å²) in [4.78, 5) is 25.0. The number of ketones is 1. The van der Waals surface area contributed by atoms with Crippen molar-refractivity contribution >= 4 is 11.8 Å². The first-order chi connectivity index (χ1) is 14.7. The van der Waals surface area contributed by atoms with E-state index in [-0.39, 0.29) is 17.3 Å². The number of allylic oxidation sites excluding steroid dienone is 4. The smallest absolute Gasteiger partial charge is 0.303 e. The van der Waals surface area contributed by atoms with Gasteiger partial charge in [0, 0.05) is 18.3 Å². The van der Waals surface area contributed by atoms with Crippen molar-refractivity contribution in [2.75, 3.05) is 0 Å². The van der Waals surface area contributed by atoms with Crippen molar-refractivity contribution in [2.24, 2.45) is 46.3 Å². The molecule has 8 atom stereocenters. The molecule has 0 amide bonds. The highest BCUT2D eigenvalue weighted by Gasteiger charge is 2.64. The highest BCUT2D eigenvalue weighted by atomic mass is 16.4. The van der Waals surface area contributed by atoms with Gasteiger partial charge in [-0.1, -0.05) is 44.1 Å². The fourth-order valence-corrected chi connectivity index (χ4v) is 8.69. The molecular weight excluding hydrogens is 384 g/mol. The summed E-state index contributed by atoms with van der Waals surface area (Å²) in [5, 5.41) is 9.17. The van der Waals surface area contributed by atoms with Gasteiger partial charge in [-0.15, -0.1) is 0 Å². The summed E-state index contributed by atoms with van der Waals surface area (Å²) in [6.45, 7) is 11.3. The summed E-state index contributed by atoms with van der Waals surface area (Å²) < 4.78 is 0.